The molecule has 0 radical (unpaired) electrons. The first-order valence-corrected chi connectivity index (χ1v) is 5.13. The molecule has 1 aromatic rings. The van der Waals surface area contributed by atoms with Crippen LogP contribution in [-0.2, 0) is 10.4 Å². The first-order chi connectivity index (χ1) is 7.24. The van der Waals surface area contributed by atoms with Gasteiger partial charge in [0.1, 0.15) is 0 Å². The fourth-order valence-corrected chi connectivity index (χ4v) is 0.742. The Hall–Kier alpha value is -1.68. The highest BCUT2D eigenvalue weighted by Gasteiger charge is 2.00. The number of anilines is 1. The SMILES string of the molecule is NNc1cccc(C(=O)O)c1.O=S(=O)(O)O. The van der Waals surface area contributed by atoms with Gasteiger partial charge in [0.15, 0.2) is 0 Å². The maximum absolute atomic E-state index is 10.4. The van der Waals surface area contributed by atoms with Gasteiger partial charge in [0.25, 0.3) is 0 Å². The molecule has 0 aliphatic rings. The zero-order valence-corrected chi connectivity index (χ0v) is 8.68. The number of hydrogen-bond donors (Lipinski definition) is 5. The van der Waals surface area contributed by atoms with E-state index in [1.807, 2.05) is 0 Å². The van der Waals surface area contributed by atoms with Gasteiger partial charge in [-0.3, -0.25) is 14.9 Å². The van der Waals surface area contributed by atoms with Crippen molar-refractivity contribution in [1.82, 2.24) is 0 Å². The van der Waals surface area contributed by atoms with Crippen LogP contribution in [0.1, 0.15) is 10.4 Å². The molecule has 0 fully saturated rings. The number of nitrogens with two attached hydrogens (primary N) is 1. The van der Waals surface area contributed by atoms with Crippen molar-refractivity contribution in [2.75, 3.05) is 5.43 Å². The molecule has 0 atom stereocenters. The third-order valence-electron chi connectivity index (χ3n) is 1.28. The number of carboxylic acid groups (broad SMARTS) is 1. The Bertz CT molecular complexity index is 450. The number of rotatable bonds is 2. The van der Waals surface area contributed by atoms with Crippen LogP contribution in [0.3, 0.4) is 0 Å². The number of nitrogen functional groups attached to an aromatic ring is 1. The minimum atomic E-state index is -4.67. The minimum absolute atomic E-state index is 0.223. The van der Waals surface area contributed by atoms with Crippen LogP contribution in [0.5, 0.6) is 0 Å². The summed E-state index contributed by atoms with van der Waals surface area (Å²) in [5.74, 6) is 4.12. The fraction of sp³-hybridized carbons (Fsp3) is 0. The molecule has 0 saturated carbocycles. The Balaban J connectivity index is 0.000000385. The van der Waals surface area contributed by atoms with Gasteiger partial charge in [0.2, 0.25) is 0 Å². The molecular weight excluding hydrogens is 240 g/mol. The summed E-state index contributed by atoms with van der Waals surface area (Å²) >= 11 is 0. The van der Waals surface area contributed by atoms with Crippen LogP contribution in [0.4, 0.5) is 5.69 Å². The van der Waals surface area contributed by atoms with Crippen molar-refractivity contribution in [3.63, 3.8) is 0 Å². The highest BCUT2D eigenvalue weighted by Crippen LogP contribution is 2.08. The maximum atomic E-state index is 10.4. The fourth-order valence-electron chi connectivity index (χ4n) is 0.742. The summed E-state index contributed by atoms with van der Waals surface area (Å²) in [5.41, 5.74) is 3.17. The zero-order valence-electron chi connectivity index (χ0n) is 7.86. The Morgan fingerprint density at radius 2 is 1.81 bits per heavy atom. The van der Waals surface area contributed by atoms with E-state index >= 15 is 0 Å². The molecule has 6 N–H and O–H groups in total. The monoisotopic (exact) mass is 250 g/mol. The third-order valence-corrected chi connectivity index (χ3v) is 1.28. The number of aromatic carboxylic acids is 1. The number of carbonyl (C=O) groups is 1. The molecule has 9 heteroatoms. The van der Waals surface area contributed by atoms with E-state index in [9.17, 15) is 4.79 Å². The number of nitrogens with one attached hydrogen (secondary N) is 1. The van der Waals surface area contributed by atoms with Crippen molar-refractivity contribution in [1.29, 1.82) is 0 Å². The van der Waals surface area contributed by atoms with Crippen molar-refractivity contribution in [2.24, 2.45) is 5.84 Å². The zero-order chi connectivity index (χ0) is 12.8. The van der Waals surface area contributed by atoms with Crippen molar-refractivity contribution in [3.05, 3.63) is 29.8 Å². The van der Waals surface area contributed by atoms with E-state index in [0.29, 0.717) is 5.69 Å². The van der Waals surface area contributed by atoms with Gasteiger partial charge in [-0.25, -0.2) is 4.79 Å². The van der Waals surface area contributed by atoms with Gasteiger partial charge in [0, 0.05) is 5.69 Å². The smallest absolute Gasteiger partial charge is 0.394 e. The molecule has 1 aromatic carbocycles. The van der Waals surface area contributed by atoms with Crippen molar-refractivity contribution in [3.8, 4) is 0 Å². The Kier molecular flexibility index (Phi) is 5.39. The number of benzene rings is 1. The molecule has 16 heavy (non-hydrogen) atoms. The predicted octanol–water partition coefficient (Wildman–Crippen LogP) is 0.0176. The van der Waals surface area contributed by atoms with E-state index in [1.54, 1.807) is 12.1 Å². The van der Waals surface area contributed by atoms with Gasteiger partial charge in [0.05, 0.1) is 5.56 Å². The topological polar surface area (TPSA) is 150 Å². The van der Waals surface area contributed by atoms with E-state index in [0.717, 1.165) is 0 Å². The summed E-state index contributed by atoms with van der Waals surface area (Å²) < 4.78 is 31.6. The second-order valence-corrected chi connectivity index (χ2v) is 3.37. The van der Waals surface area contributed by atoms with Crippen molar-refractivity contribution >= 4 is 22.1 Å². The van der Waals surface area contributed by atoms with E-state index in [-0.39, 0.29) is 5.56 Å². The Morgan fingerprint density at radius 1 is 1.31 bits per heavy atom. The van der Waals surface area contributed by atoms with Gasteiger partial charge in [-0.15, -0.1) is 0 Å². The van der Waals surface area contributed by atoms with Crippen LogP contribution in [0, 0.1) is 0 Å². The molecule has 1 rings (SSSR count). The molecule has 0 aliphatic heterocycles. The first kappa shape index (κ1) is 14.3. The summed E-state index contributed by atoms with van der Waals surface area (Å²) in [7, 11) is -4.67. The molecule has 0 unspecified atom stereocenters. The average Bonchev–Trinajstić information content (AvgIpc) is 2.15. The summed E-state index contributed by atoms with van der Waals surface area (Å²) in [4.78, 5) is 10.4. The lowest BCUT2D eigenvalue weighted by molar-refractivity contribution is 0.0697. The molecular formula is C7H10N2O6S. The van der Waals surface area contributed by atoms with E-state index in [1.165, 1.54) is 12.1 Å². The minimum Gasteiger partial charge on any atom is -0.478 e. The quantitative estimate of drug-likeness (QED) is 0.280. The summed E-state index contributed by atoms with van der Waals surface area (Å²) in [5, 5.41) is 8.54. The molecule has 0 saturated heterocycles. The molecule has 90 valence electrons. The van der Waals surface area contributed by atoms with Gasteiger partial charge in [-0.05, 0) is 18.2 Å². The lowest BCUT2D eigenvalue weighted by Gasteiger charge is -1.99. The van der Waals surface area contributed by atoms with Gasteiger partial charge in [-0.2, -0.15) is 8.42 Å². The predicted molar refractivity (Wildman–Crippen MR) is 55.4 cm³/mol. The van der Waals surface area contributed by atoms with E-state index in [2.05, 4.69) is 5.43 Å². The summed E-state index contributed by atoms with van der Waals surface area (Å²) in [6, 6.07) is 6.27. The van der Waals surface area contributed by atoms with Crippen LogP contribution in [-0.4, -0.2) is 28.6 Å². The molecule has 8 nitrogen and oxygen atoms in total. The first-order valence-electron chi connectivity index (χ1n) is 3.74. The van der Waals surface area contributed by atoms with Crippen LogP contribution < -0.4 is 11.3 Å². The number of hydrogen-bond acceptors (Lipinski definition) is 5. The van der Waals surface area contributed by atoms with Crippen LogP contribution in [0.15, 0.2) is 24.3 Å². The lowest BCUT2D eigenvalue weighted by Crippen LogP contribution is -2.07. The van der Waals surface area contributed by atoms with Crippen LogP contribution >= 0.6 is 0 Å². The molecule has 0 spiro atoms. The average molecular weight is 250 g/mol. The largest absolute Gasteiger partial charge is 0.478 e. The Labute approximate surface area is 91.2 Å². The second kappa shape index (κ2) is 6.02. The highest BCUT2D eigenvalue weighted by atomic mass is 32.3. The van der Waals surface area contributed by atoms with Gasteiger partial charge in [-0.1, -0.05) is 6.07 Å². The normalized spacial score (nSPS) is 9.94. The highest BCUT2D eigenvalue weighted by molar-refractivity contribution is 7.79. The van der Waals surface area contributed by atoms with E-state index < -0.39 is 16.4 Å². The van der Waals surface area contributed by atoms with E-state index in [4.69, 9.17) is 28.5 Å². The molecule has 0 amide bonds. The maximum Gasteiger partial charge on any atom is 0.394 e. The van der Waals surface area contributed by atoms with Crippen LogP contribution in [0.2, 0.25) is 0 Å². The van der Waals surface area contributed by atoms with Gasteiger partial charge < -0.3 is 10.5 Å². The standard InChI is InChI=1S/C7H8N2O2.H2O4S/c8-9-6-3-1-2-5(4-6)7(10)11;1-5(2,3)4/h1-4,9H,8H2,(H,10,11);(H2,1,2,3,4). The molecule has 0 bridgehead atoms. The molecule has 0 heterocycles. The molecule has 0 aliphatic carbocycles. The summed E-state index contributed by atoms with van der Waals surface area (Å²) in [6.45, 7) is 0. The van der Waals surface area contributed by atoms with Crippen LogP contribution in [0.25, 0.3) is 0 Å². The third kappa shape index (κ3) is 7.70. The van der Waals surface area contributed by atoms with Crippen molar-refractivity contribution < 1.29 is 27.4 Å². The summed E-state index contributed by atoms with van der Waals surface area (Å²) in [6.07, 6.45) is 0. The second-order valence-electron chi connectivity index (χ2n) is 2.48. The van der Waals surface area contributed by atoms with Crippen molar-refractivity contribution in [2.45, 2.75) is 0 Å². The Morgan fingerprint density at radius 3 is 2.19 bits per heavy atom. The number of hydrazine groups is 1. The van der Waals surface area contributed by atoms with Gasteiger partial charge >= 0.3 is 16.4 Å². The molecule has 0 aromatic heterocycles. The number of carboxylic acids is 1. The lowest BCUT2D eigenvalue weighted by atomic mass is 10.2.